The summed E-state index contributed by atoms with van der Waals surface area (Å²) in [7, 11) is 1.12. The van der Waals surface area contributed by atoms with E-state index in [9.17, 15) is 18.0 Å². The summed E-state index contributed by atoms with van der Waals surface area (Å²) in [5.41, 5.74) is 0. The molecule has 0 aliphatic heterocycles. The van der Waals surface area contributed by atoms with E-state index >= 15 is 0 Å². The van der Waals surface area contributed by atoms with Gasteiger partial charge in [0.1, 0.15) is 0 Å². The van der Waals surface area contributed by atoms with E-state index in [1.54, 1.807) is 0 Å². The van der Waals surface area contributed by atoms with Crippen molar-refractivity contribution in [1.82, 2.24) is 0 Å². The summed E-state index contributed by atoms with van der Waals surface area (Å²) >= 11 is 0. The summed E-state index contributed by atoms with van der Waals surface area (Å²) in [6, 6.07) is 0. The van der Waals surface area contributed by atoms with E-state index in [1.165, 1.54) is 0 Å². The summed E-state index contributed by atoms with van der Waals surface area (Å²) in [6.07, 6.45) is -2.74. The van der Waals surface area contributed by atoms with Crippen LogP contribution >= 0.6 is 0 Å². The first-order chi connectivity index (χ1) is 6.90. The number of hydrogen-bond acceptors (Lipinski definition) is 2. The Kier molecular flexibility index (Phi) is 6.36. The zero-order valence-corrected chi connectivity index (χ0v) is 9.06. The highest BCUT2D eigenvalue weighted by Gasteiger charge is 2.35. The molecule has 0 radical (unpaired) electrons. The second-order valence-electron chi connectivity index (χ2n) is 3.54. The van der Waals surface area contributed by atoms with Crippen LogP contribution in [0.2, 0.25) is 0 Å². The smallest absolute Gasteiger partial charge is 0.389 e. The van der Waals surface area contributed by atoms with Crippen LogP contribution in [0.4, 0.5) is 13.2 Å². The number of methoxy groups -OCH3 is 1. The van der Waals surface area contributed by atoms with E-state index < -0.39 is 24.5 Å². The quantitative estimate of drug-likeness (QED) is 0.513. The van der Waals surface area contributed by atoms with Crippen LogP contribution in [-0.2, 0) is 9.53 Å². The Bertz CT molecular complexity index is 190. The minimum atomic E-state index is -4.30. The second-order valence-corrected chi connectivity index (χ2v) is 3.54. The van der Waals surface area contributed by atoms with Crippen LogP contribution in [0.5, 0.6) is 0 Å². The Morgan fingerprint density at radius 1 is 1.33 bits per heavy atom. The molecule has 0 amide bonds. The first-order valence-electron chi connectivity index (χ1n) is 5.05. The summed E-state index contributed by atoms with van der Waals surface area (Å²) in [5.74, 6) is -1.80. The average molecular weight is 226 g/mol. The van der Waals surface area contributed by atoms with Gasteiger partial charge < -0.3 is 4.74 Å². The number of carbonyl (C=O) groups is 1. The van der Waals surface area contributed by atoms with Gasteiger partial charge in [-0.2, -0.15) is 13.2 Å². The third-order valence-electron chi connectivity index (χ3n) is 2.17. The van der Waals surface area contributed by atoms with Crippen LogP contribution in [0.1, 0.15) is 39.0 Å². The number of rotatable bonds is 6. The van der Waals surface area contributed by atoms with Crippen LogP contribution in [0.25, 0.3) is 0 Å². The van der Waals surface area contributed by atoms with Crippen LogP contribution in [0.3, 0.4) is 0 Å². The number of halogens is 3. The van der Waals surface area contributed by atoms with Crippen LogP contribution in [-0.4, -0.2) is 19.3 Å². The van der Waals surface area contributed by atoms with Crippen molar-refractivity contribution in [3.05, 3.63) is 0 Å². The molecule has 0 aromatic heterocycles. The van der Waals surface area contributed by atoms with Crippen molar-refractivity contribution in [1.29, 1.82) is 0 Å². The van der Waals surface area contributed by atoms with Gasteiger partial charge in [-0.1, -0.05) is 26.2 Å². The molecule has 1 atom stereocenters. The minimum absolute atomic E-state index is 0.250. The molecule has 0 aliphatic carbocycles. The molecular formula is C10H17F3O2. The number of esters is 1. The molecule has 0 spiro atoms. The first kappa shape index (κ1) is 14.3. The van der Waals surface area contributed by atoms with Gasteiger partial charge >= 0.3 is 12.1 Å². The van der Waals surface area contributed by atoms with Gasteiger partial charge in [-0.15, -0.1) is 0 Å². The Morgan fingerprint density at radius 2 is 1.93 bits per heavy atom. The third-order valence-corrected chi connectivity index (χ3v) is 2.17. The maximum Gasteiger partial charge on any atom is 0.389 e. The maximum absolute atomic E-state index is 12.1. The molecule has 15 heavy (non-hydrogen) atoms. The highest BCUT2D eigenvalue weighted by atomic mass is 19.4. The highest BCUT2D eigenvalue weighted by molar-refractivity contribution is 5.72. The molecule has 0 rings (SSSR count). The van der Waals surface area contributed by atoms with Crippen molar-refractivity contribution in [3.8, 4) is 0 Å². The molecule has 0 fully saturated rings. The normalized spacial score (nSPS) is 13.7. The molecule has 0 heterocycles. The minimum Gasteiger partial charge on any atom is -0.469 e. The van der Waals surface area contributed by atoms with Gasteiger partial charge in [0.25, 0.3) is 0 Å². The largest absolute Gasteiger partial charge is 0.469 e. The zero-order valence-electron chi connectivity index (χ0n) is 9.06. The molecule has 90 valence electrons. The van der Waals surface area contributed by atoms with E-state index in [-0.39, 0.29) is 6.42 Å². The number of unbranched alkanes of at least 4 members (excludes halogenated alkanes) is 2. The predicted octanol–water partition coefficient (Wildman–Crippen LogP) is 3.31. The lowest BCUT2D eigenvalue weighted by Crippen LogP contribution is -2.23. The summed E-state index contributed by atoms with van der Waals surface area (Å²) < 4.78 is 40.7. The zero-order chi connectivity index (χ0) is 11.9. The summed E-state index contributed by atoms with van der Waals surface area (Å²) in [4.78, 5) is 11.1. The monoisotopic (exact) mass is 226 g/mol. The standard InChI is InChI=1S/C10H17F3O2/c1-3-4-5-6-8(9(14)15-2)7-10(11,12)13/h8H,3-7H2,1-2H3. The maximum atomic E-state index is 12.1. The van der Waals surface area contributed by atoms with E-state index in [2.05, 4.69) is 4.74 Å². The molecule has 0 saturated heterocycles. The molecule has 0 aromatic rings. The van der Waals surface area contributed by atoms with Gasteiger partial charge in [0.15, 0.2) is 0 Å². The molecule has 0 saturated carbocycles. The Labute approximate surface area is 87.8 Å². The van der Waals surface area contributed by atoms with Crippen molar-refractivity contribution in [2.45, 2.75) is 45.2 Å². The number of alkyl halides is 3. The fourth-order valence-electron chi connectivity index (χ4n) is 1.39. The first-order valence-corrected chi connectivity index (χ1v) is 5.05. The lowest BCUT2D eigenvalue weighted by Gasteiger charge is -2.16. The van der Waals surface area contributed by atoms with E-state index in [1.807, 2.05) is 6.92 Å². The van der Waals surface area contributed by atoms with Gasteiger partial charge in [0, 0.05) is 0 Å². The molecule has 0 aliphatic rings. The number of ether oxygens (including phenoxy) is 1. The molecule has 0 bridgehead atoms. The Hall–Kier alpha value is -0.740. The highest BCUT2D eigenvalue weighted by Crippen LogP contribution is 2.28. The SMILES string of the molecule is CCCCCC(CC(F)(F)F)C(=O)OC. The Balaban J connectivity index is 4.13. The Morgan fingerprint density at radius 3 is 2.33 bits per heavy atom. The number of hydrogen-bond donors (Lipinski definition) is 0. The van der Waals surface area contributed by atoms with Crippen molar-refractivity contribution in [3.63, 3.8) is 0 Å². The fourth-order valence-corrected chi connectivity index (χ4v) is 1.39. The van der Waals surface area contributed by atoms with Crippen LogP contribution in [0.15, 0.2) is 0 Å². The van der Waals surface area contributed by atoms with Gasteiger partial charge in [-0.3, -0.25) is 4.79 Å². The van der Waals surface area contributed by atoms with Gasteiger partial charge in [-0.25, -0.2) is 0 Å². The number of carbonyl (C=O) groups excluding carboxylic acids is 1. The molecule has 1 unspecified atom stereocenters. The fraction of sp³-hybridized carbons (Fsp3) is 0.900. The van der Waals surface area contributed by atoms with Crippen LogP contribution in [0, 0.1) is 5.92 Å². The van der Waals surface area contributed by atoms with E-state index in [4.69, 9.17) is 0 Å². The van der Waals surface area contributed by atoms with Crippen molar-refractivity contribution < 1.29 is 22.7 Å². The molecule has 0 aromatic carbocycles. The summed E-state index contributed by atoms with van der Waals surface area (Å²) in [6.45, 7) is 1.96. The van der Waals surface area contributed by atoms with Gasteiger partial charge in [-0.05, 0) is 6.42 Å². The predicted molar refractivity (Wildman–Crippen MR) is 50.3 cm³/mol. The van der Waals surface area contributed by atoms with Crippen molar-refractivity contribution in [2.75, 3.05) is 7.11 Å². The summed E-state index contributed by atoms with van der Waals surface area (Å²) in [5, 5.41) is 0. The van der Waals surface area contributed by atoms with Gasteiger partial charge in [0.2, 0.25) is 0 Å². The van der Waals surface area contributed by atoms with Crippen molar-refractivity contribution >= 4 is 5.97 Å². The van der Waals surface area contributed by atoms with Gasteiger partial charge in [0.05, 0.1) is 19.4 Å². The van der Waals surface area contributed by atoms with E-state index in [0.29, 0.717) is 6.42 Å². The molecular weight excluding hydrogens is 209 g/mol. The average Bonchev–Trinajstić information content (AvgIpc) is 2.13. The lowest BCUT2D eigenvalue weighted by molar-refractivity contribution is -0.166. The van der Waals surface area contributed by atoms with E-state index in [0.717, 1.165) is 20.0 Å². The second kappa shape index (κ2) is 6.69. The van der Waals surface area contributed by atoms with Crippen molar-refractivity contribution in [2.24, 2.45) is 5.92 Å². The topological polar surface area (TPSA) is 26.3 Å². The lowest BCUT2D eigenvalue weighted by atomic mass is 9.98. The molecule has 2 nitrogen and oxygen atoms in total. The third kappa shape index (κ3) is 7.22. The molecule has 0 N–H and O–H groups in total. The molecule has 5 heteroatoms. The van der Waals surface area contributed by atoms with Crippen LogP contribution < -0.4 is 0 Å².